The molecule has 0 aliphatic carbocycles. The van der Waals surface area contributed by atoms with E-state index in [1.807, 2.05) is 49.4 Å². The third kappa shape index (κ3) is 5.03. The maximum absolute atomic E-state index is 6.09. The summed E-state index contributed by atoms with van der Waals surface area (Å²) in [5.41, 5.74) is 16.8. The van der Waals surface area contributed by atoms with Gasteiger partial charge in [-0.2, -0.15) is 4.98 Å². The Bertz CT molecular complexity index is 1010. The van der Waals surface area contributed by atoms with Gasteiger partial charge < -0.3 is 26.1 Å². The monoisotopic (exact) mass is 417 g/mol. The normalized spacial score (nSPS) is 14.2. The minimum absolute atomic E-state index is 0.214. The van der Waals surface area contributed by atoms with E-state index >= 15 is 0 Å². The minimum Gasteiger partial charge on any atom is -0.391 e. The van der Waals surface area contributed by atoms with E-state index in [1.54, 1.807) is 6.21 Å². The molecule has 1 aromatic heterocycles. The van der Waals surface area contributed by atoms with Crippen LogP contribution in [0.2, 0.25) is 0 Å². The molecule has 3 aromatic rings. The number of nitrogens with zero attached hydrogens (tertiary/aromatic N) is 5. The van der Waals surface area contributed by atoms with E-state index in [0.29, 0.717) is 12.4 Å². The number of oxime groups is 1. The molecule has 0 unspecified atom stereocenters. The molecule has 1 fully saturated rings. The quantitative estimate of drug-likeness (QED) is 0.469. The Hall–Kier alpha value is -3.81. The third-order valence-electron chi connectivity index (χ3n) is 5.31. The zero-order chi connectivity index (χ0) is 21.6. The zero-order valence-electron chi connectivity index (χ0n) is 17.6. The molecule has 1 aliphatic heterocycles. The van der Waals surface area contributed by atoms with Gasteiger partial charge in [-0.3, -0.25) is 0 Å². The van der Waals surface area contributed by atoms with Crippen LogP contribution in [0.1, 0.15) is 16.8 Å². The first-order valence-corrected chi connectivity index (χ1v) is 10.3. The fourth-order valence-corrected chi connectivity index (χ4v) is 3.75. The van der Waals surface area contributed by atoms with Crippen LogP contribution < -0.4 is 21.3 Å². The lowest BCUT2D eigenvalue weighted by molar-refractivity contribution is 0.132. The zero-order valence-corrected chi connectivity index (χ0v) is 17.6. The Morgan fingerprint density at radius 3 is 2.29 bits per heavy atom. The van der Waals surface area contributed by atoms with Crippen molar-refractivity contribution in [2.45, 2.75) is 13.5 Å². The number of hydrogen-bond acceptors (Lipinski definition) is 8. The van der Waals surface area contributed by atoms with Crippen LogP contribution in [0, 0.1) is 6.92 Å². The SMILES string of the molecule is Cc1nc(N)nc(N)c1N1CCN(c2ccc(C=NOCc3ccccc3)cc2)CC1. The highest BCUT2D eigenvalue weighted by Crippen LogP contribution is 2.27. The molecule has 1 aliphatic rings. The molecular weight excluding hydrogens is 390 g/mol. The van der Waals surface area contributed by atoms with Crippen LogP contribution in [0.15, 0.2) is 59.8 Å². The van der Waals surface area contributed by atoms with Gasteiger partial charge in [0.05, 0.1) is 11.9 Å². The number of aryl methyl sites for hydroxylation is 1. The Morgan fingerprint density at radius 1 is 0.935 bits per heavy atom. The summed E-state index contributed by atoms with van der Waals surface area (Å²) in [4.78, 5) is 18.3. The van der Waals surface area contributed by atoms with Gasteiger partial charge in [0.2, 0.25) is 5.95 Å². The van der Waals surface area contributed by atoms with Gasteiger partial charge in [0, 0.05) is 31.9 Å². The molecule has 160 valence electrons. The highest BCUT2D eigenvalue weighted by atomic mass is 16.6. The van der Waals surface area contributed by atoms with E-state index in [1.165, 1.54) is 5.69 Å². The first kappa shape index (κ1) is 20.5. The molecule has 8 nitrogen and oxygen atoms in total. The Kier molecular flexibility index (Phi) is 6.16. The van der Waals surface area contributed by atoms with Crippen LogP contribution in [0.25, 0.3) is 0 Å². The van der Waals surface area contributed by atoms with Gasteiger partial charge in [-0.05, 0) is 30.2 Å². The van der Waals surface area contributed by atoms with Crippen molar-refractivity contribution in [3.8, 4) is 0 Å². The minimum atomic E-state index is 0.214. The number of anilines is 4. The highest BCUT2D eigenvalue weighted by molar-refractivity contribution is 5.80. The van der Waals surface area contributed by atoms with Crippen LogP contribution in [0.5, 0.6) is 0 Å². The number of piperazine rings is 1. The van der Waals surface area contributed by atoms with E-state index in [2.05, 4.69) is 37.1 Å². The van der Waals surface area contributed by atoms with Gasteiger partial charge in [0.15, 0.2) is 5.82 Å². The lowest BCUT2D eigenvalue weighted by Crippen LogP contribution is -2.47. The summed E-state index contributed by atoms with van der Waals surface area (Å²) in [6.45, 7) is 5.83. The fourth-order valence-electron chi connectivity index (χ4n) is 3.75. The Balaban J connectivity index is 1.31. The van der Waals surface area contributed by atoms with E-state index in [0.717, 1.165) is 48.7 Å². The van der Waals surface area contributed by atoms with Gasteiger partial charge in [-0.1, -0.05) is 47.6 Å². The summed E-state index contributed by atoms with van der Waals surface area (Å²) in [6.07, 6.45) is 1.73. The molecule has 2 aromatic carbocycles. The second-order valence-corrected chi connectivity index (χ2v) is 7.46. The van der Waals surface area contributed by atoms with Crippen molar-refractivity contribution in [1.29, 1.82) is 0 Å². The molecule has 0 atom stereocenters. The van der Waals surface area contributed by atoms with Crippen LogP contribution in [-0.4, -0.2) is 42.4 Å². The Labute approximate surface area is 182 Å². The molecule has 1 saturated heterocycles. The van der Waals surface area contributed by atoms with Crippen molar-refractivity contribution in [3.63, 3.8) is 0 Å². The van der Waals surface area contributed by atoms with Crippen molar-refractivity contribution in [2.24, 2.45) is 5.16 Å². The summed E-state index contributed by atoms with van der Waals surface area (Å²) >= 11 is 0. The van der Waals surface area contributed by atoms with Crippen molar-refractivity contribution in [1.82, 2.24) is 9.97 Å². The molecule has 8 heteroatoms. The molecule has 0 radical (unpaired) electrons. The topological polar surface area (TPSA) is 106 Å². The summed E-state index contributed by atoms with van der Waals surface area (Å²) in [6, 6.07) is 18.3. The molecule has 4 rings (SSSR count). The van der Waals surface area contributed by atoms with Gasteiger partial charge in [-0.25, -0.2) is 4.98 Å². The van der Waals surface area contributed by atoms with Crippen molar-refractivity contribution < 1.29 is 4.84 Å². The first-order chi connectivity index (χ1) is 15.1. The number of benzene rings is 2. The fraction of sp³-hybridized carbons (Fsp3) is 0.261. The van der Waals surface area contributed by atoms with Crippen molar-refractivity contribution >= 4 is 29.4 Å². The molecule has 0 amide bonds. The van der Waals surface area contributed by atoms with Crippen LogP contribution in [0.4, 0.5) is 23.1 Å². The molecular formula is C23H27N7O. The maximum atomic E-state index is 6.09. The standard InChI is InChI=1S/C23H27N7O/c1-17-21(22(24)28-23(25)27-17)30-13-11-29(12-14-30)20-9-7-18(8-10-20)15-26-31-16-19-5-3-2-4-6-19/h2-10,15H,11-14,16H2,1H3,(H4,24,25,27,28). The predicted molar refractivity (Wildman–Crippen MR) is 125 cm³/mol. The summed E-state index contributed by atoms with van der Waals surface area (Å²) in [5.74, 6) is 0.656. The molecule has 0 bridgehead atoms. The molecule has 2 heterocycles. The lowest BCUT2D eigenvalue weighted by Gasteiger charge is -2.38. The third-order valence-corrected chi connectivity index (χ3v) is 5.31. The lowest BCUT2D eigenvalue weighted by atomic mass is 10.2. The molecule has 0 spiro atoms. The summed E-state index contributed by atoms with van der Waals surface area (Å²) in [5, 5.41) is 4.07. The second kappa shape index (κ2) is 9.34. The van der Waals surface area contributed by atoms with Crippen molar-refractivity contribution in [2.75, 3.05) is 47.4 Å². The Morgan fingerprint density at radius 2 is 1.61 bits per heavy atom. The van der Waals surface area contributed by atoms with E-state index in [9.17, 15) is 0 Å². The largest absolute Gasteiger partial charge is 0.391 e. The molecule has 31 heavy (non-hydrogen) atoms. The number of nitrogens with two attached hydrogens (primary N) is 2. The average Bonchev–Trinajstić information content (AvgIpc) is 2.78. The molecule has 4 N–H and O–H groups in total. The maximum Gasteiger partial charge on any atom is 0.222 e. The number of rotatable bonds is 6. The van der Waals surface area contributed by atoms with Gasteiger partial charge in [-0.15, -0.1) is 0 Å². The van der Waals surface area contributed by atoms with E-state index < -0.39 is 0 Å². The van der Waals surface area contributed by atoms with Crippen LogP contribution in [0.3, 0.4) is 0 Å². The van der Waals surface area contributed by atoms with Gasteiger partial charge in [0.25, 0.3) is 0 Å². The van der Waals surface area contributed by atoms with E-state index in [4.69, 9.17) is 16.3 Å². The van der Waals surface area contributed by atoms with Gasteiger partial charge in [0.1, 0.15) is 12.3 Å². The average molecular weight is 418 g/mol. The number of hydrogen-bond donors (Lipinski definition) is 2. The second-order valence-electron chi connectivity index (χ2n) is 7.46. The van der Waals surface area contributed by atoms with E-state index in [-0.39, 0.29) is 5.95 Å². The first-order valence-electron chi connectivity index (χ1n) is 10.3. The van der Waals surface area contributed by atoms with Crippen LogP contribution >= 0.6 is 0 Å². The predicted octanol–water partition coefficient (Wildman–Crippen LogP) is 2.83. The van der Waals surface area contributed by atoms with Crippen molar-refractivity contribution in [3.05, 3.63) is 71.4 Å². The highest BCUT2D eigenvalue weighted by Gasteiger charge is 2.22. The number of aromatic nitrogens is 2. The molecule has 0 saturated carbocycles. The summed E-state index contributed by atoms with van der Waals surface area (Å²) < 4.78 is 0. The summed E-state index contributed by atoms with van der Waals surface area (Å²) in [7, 11) is 0. The van der Waals surface area contributed by atoms with Crippen LogP contribution in [-0.2, 0) is 11.4 Å². The smallest absolute Gasteiger partial charge is 0.222 e. The number of nitrogen functional groups attached to an aromatic ring is 2. The van der Waals surface area contributed by atoms with Gasteiger partial charge >= 0.3 is 0 Å².